The van der Waals surface area contributed by atoms with E-state index in [1.54, 1.807) is 35.9 Å². The fourth-order valence-electron chi connectivity index (χ4n) is 1.65. The molecule has 0 fully saturated rings. The van der Waals surface area contributed by atoms with E-state index in [-0.39, 0.29) is 5.82 Å². The van der Waals surface area contributed by atoms with Crippen LogP contribution in [0.25, 0.3) is 21.8 Å². The first kappa shape index (κ1) is 11.0. The Bertz CT molecular complexity index is 647. The first-order valence-corrected chi connectivity index (χ1v) is 6.33. The molecule has 0 atom stereocenters. The van der Waals surface area contributed by atoms with Crippen molar-refractivity contribution in [2.75, 3.05) is 0 Å². The summed E-state index contributed by atoms with van der Waals surface area (Å²) >= 11 is 1.54. The summed E-state index contributed by atoms with van der Waals surface area (Å²) in [6.07, 6.45) is 3.51. The molecule has 18 heavy (non-hydrogen) atoms. The van der Waals surface area contributed by atoms with Crippen molar-refractivity contribution in [1.29, 1.82) is 0 Å². The minimum absolute atomic E-state index is 0.234. The summed E-state index contributed by atoms with van der Waals surface area (Å²) in [4.78, 5) is 8.61. The van der Waals surface area contributed by atoms with Crippen LogP contribution in [0.5, 0.6) is 0 Å². The molecular formula is C14H9FN2S. The minimum Gasteiger partial charge on any atom is -0.264 e. The van der Waals surface area contributed by atoms with Crippen molar-refractivity contribution >= 4 is 11.3 Å². The average Bonchev–Trinajstić information content (AvgIpc) is 2.90. The second kappa shape index (κ2) is 4.66. The molecule has 0 saturated carbocycles. The van der Waals surface area contributed by atoms with Crippen LogP contribution >= 0.6 is 11.3 Å². The maximum Gasteiger partial charge on any atom is 0.124 e. The third kappa shape index (κ3) is 2.15. The van der Waals surface area contributed by atoms with Crippen LogP contribution in [-0.4, -0.2) is 9.97 Å². The van der Waals surface area contributed by atoms with Gasteiger partial charge in [-0.25, -0.2) is 9.37 Å². The molecule has 0 aliphatic rings. The molecule has 0 bridgehead atoms. The number of thiazole rings is 1. The van der Waals surface area contributed by atoms with Crippen LogP contribution < -0.4 is 0 Å². The first-order chi connectivity index (χ1) is 8.83. The molecule has 2 heterocycles. The SMILES string of the molecule is Fc1ccc(-c2nc(-c3cccnc3)cs2)cc1. The third-order valence-electron chi connectivity index (χ3n) is 2.55. The van der Waals surface area contributed by atoms with E-state index in [0.29, 0.717) is 0 Å². The number of benzene rings is 1. The Kier molecular flexibility index (Phi) is 2.86. The van der Waals surface area contributed by atoms with Crippen LogP contribution in [0.3, 0.4) is 0 Å². The van der Waals surface area contributed by atoms with Gasteiger partial charge >= 0.3 is 0 Å². The number of aromatic nitrogens is 2. The molecule has 0 radical (unpaired) electrons. The number of nitrogens with zero attached hydrogens (tertiary/aromatic N) is 2. The number of rotatable bonds is 2. The predicted octanol–water partition coefficient (Wildman–Crippen LogP) is 4.01. The molecule has 3 aromatic rings. The van der Waals surface area contributed by atoms with Gasteiger partial charge in [-0.15, -0.1) is 11.3 Å². The summed E-state index contributed by atoms with van der Waals surface area (Å²) in [5.41, 5.74) is 2.81. The summed E-state index contributed by atoms with van der Waals surface area (Å²) < 4.78 is 12.8. The van der Waals surface area contributed by atoms with Gasteiger partial charge in [0, 0.05) is 28.9 Å². The fourth-order valence-corrected chi connectivity index (χ4v) is 2.48. The lowest BCUT2D eigenvalue weighted by atomic mass is 10.2. The normalized spacial score (nSPS) is 10.5. The summed E-state index contributed by atoms with van der Waals surface area (Å²) in [5, 5.41) is 2.87. The van der Waals surface area contributed by atoms with E-state index in [4.69, 9.17) is 0 Å². The Balaban J connectivity index is 1.97. The van der Waals surface area contributed by atoms with Crippen molar-refractivity contribution in [3.8, 4) is 21.8 Å². The second-order valence-corrected chi connectivity index (χ2v) is 4.64. The van der Waals surface area contributed by atoms with Crippen LogP contribution in [-0.2, 0) is 0 Å². The molecule has 1 aromatic carbocycles. The zero-order valence-corrected chi connectivity index (χ0v) is 10.2. The summed E-state index contributed by atoms with van der Waals surface area (Å²) in [7, 11) is 0. The van der Waals surface area contributed by atoms with Crippen LogP contribution in [0, 0.1) is 5.82 Å². The smallest absolute Gasteiger partial charge is 0.124 e. The Hall–Kier alpha value is -2.07. The van der Waals surface area contributed by atoms with Gasteiger partial charge in [0.2, 0.25) is 0 Å². The molecule has 3 rings (SSSR count). The van der Waals surface area contributed by atoms with Crippen molar-refractivity contribution < 1.29 is 4.39 Å². The van der Waals surface area contributed by atoms with Crippen LogP contribution in [0.4, 0.5) is 4.39 Å². The van der Waals surface area contributed by atoms with E-state index >= 15 is 0 Å². The molecule has 4 heteroatoms. The molecule has 0 unspecified atom stereocenters. The fraction of sp³-hybridized carbons (Fsp3) is 0. The summed E-state index contributed by atoms with van der Waals surface area (Å²) in [6.45, 7) is 0. The largest absolute Gasteiger partial charge is 0.264 e. The van der Waals surface area contributed by atoms with Crippen molar-refractivity contribution in [3.05, 3.63) is 60.0 Å². The van der Waals surface area contributed by atoms with E-state index in [1.165, 1.54) is 12.1 Å². The lowest BCUT2D eigenvalue weighted by Gasteiger charge is -1.96. The lowest BCUT2D eigenvalue weighted by Crippen LogP contribution is -1.81. The number of hydrogen-bond donors (Lipinski definition) is 0. The molecule has 0 aliphatic heterocycles. The highest BCUT2D eigenvalue weighted by molar-refractivity contribution is 7.13. The van der Waals surface area contributed by atoms with Gasteiger partial charge in [-0.3, -0.25) is 4.98 Å². The average molecular weight is 256 g/mol. The number of pyridine rings is 1. The number of hydrogen-bond acceptors (Lipinski definition) is 3. The lowest BCUT2D eigenvalue weighted by molar-refractivity contribution is 0.628. The van der Waals surface area contributed by atoms with Crippen molar-refractivity contribution in [2.45, 2.75) is 0 Å². The van der Waals surface area contributed by atoms with E-state index in [9.17, 15) is 4.39 Å². The maximum atomic E-state index is 12.8. The highest BCUT2D eigenvalue weighted by atomic mass is 32.1. The molecule has 0 spiro atoms. The van der Waals surface area contributed by atoms with Gasteiger partial charge in [0.15, 0.2) is 0 Å². The Morgan fingerprint density at radius 1 is 1.00 bits per heavy atom. The molecule has 88 valence electrons. The maximum absolute atomic E-state index is 12.8. The van der Waals surface area contributed by atoms with Gasteiger partial charge in [0.25, 0.3) is 0 Å². The highest BCUT2D eigenvalue weighted by Gasteiger charge is 2.06. The highest BCUT2D eigenvalue weighted by Crippen LogP contribution is 2.28. The van der Waals surface area contributed by atoms with Gasteiger partial charge < -0.3 is 0 Å². The Morgan fingerprint density at radius 3 is 2.56 bits per heavy atom. The first-order valence-electron chi connectivity index (χ1n) is 5.45. The van der Waals surface area contributed by atoms with E-state index in [2.05, 4.69) is 9.97 Å². The standard InChI is InChI=1S/C14H9FN2S/c15-12-5-3-10(4-6-12)14-17-13(9-18-14)11-2-1-7-16-8-11/h1-9H. The van der Waals surface area contributed by atoms with Crippen molar-refractivity contribution in [1.82, 2.24) is 9.97 Å². The van der Waals surface area contributed by atoms with Crippen LogP contribution in [0.15, 0.2) is 54.2 Å². The molecule has 0 amide bonds. The summed E-state index contributed by atoms with van der Waals surface area (Å²) in [6, 6.07) is 10.2. The molecule has 0 N–H and O–H groups in total. The van der Waals surface area contributed by atoms with Crippen molar-refractivity contribution in [3.63, 3.8) is 0 Å². The van der Waals surface area contributed by atoms with Gasteiger partial charge in [-0.1, -0.05) is 0 Å². The molecule has 2 nitrogen and oxygen atoms in total. The van der Waals surface area contributed by atoms with Crippen molar-refractivity contribution in [2.24, 2.45) is 0 Å². The topological polar surface area (TPSA) is 25.8 Å². The predicted molar refractivity (Wildman–Crippen MR) is 70.7 cm³/mol. The zero-order valence-electron chi connectivity index (χ0n) is 9.38. The van der Waals surface area contributed by atoms with E-state index in [1.807, 2.05) is 17.5 Å². The minimum atomic E-state index is -0.234. The van der Waals surface area contributed by atoms with E-state index < -0.39 is 0 Å². The van der Waals surface area contributed by atoms with Crippen LogP contribution in [0.2, 0.25) is 0 Å². The molecule has 0 saturated heterocycles. The van der Waals surface area contributed by atoms with Gasteiger partial charge in [0.05, 0.1) is 5.69 Å². The Morgan fingerprint density at radius 2 is 1.83 bits per heavy atom. The van der Waals surface area contributed by atoms with Gasteiger partial charge in [-0.2, -0.15) is 0 Å². The van der Waals surface area contributed by atoms with Gasteiger partial charge in [0.1, 0.15) is 10.8 Å². The molecular weight excluding hydrogens is 247 g/mol. The third-order valence-corrected chi connectivity index (χ3v) is 3.44. The molecule has 2 aromatic heterocycles. The van der Waals surface area contributed by atoms with Crippen LogP contribution in [0.1, 0.15) is 0 Å². The quantitative estimate of drug-likeness (QED) is 0.692. The summed E-state index contributed by atoms with van der Waals surface area (Å²) in [5.74, 6) is -0.234. The molecule has 0 aliphatic carbocycles. The zero-order chi connectivity index (χ0) is 12.4. The van der Waals surface area contributed by atoms with E-state index in [0.717, 1.165) is 21.8 Å². The number of halogens is 1. The Labute approximate surface area is 108 Å². The second-order valence-electron chi connectivity index (χ2n) is 3.79. The van der Waals surface area contributed by atoms with Gasteiger partial charge in [-0.05, 0) is 36.4 Å². The monoisotopic (exact) mass is 256 g/mol.